The van der Waals surface area contributed by atoms with Crippen LogP contribution in [-0.2, 0) is 17.9 Å². The van der Waals surface area contributed by atoms with E-state index in [0.29, 0.717) is 19.6 Å². The molecule has 0 saturated carbocycles. The minimum Gasteiger partial charge on any atom is -0.457 e. The molecule has 2 N–H and O–H groups in total. The summed E-state index contributed by atoms with van der Waals surface area (Å²) in [5.74, 6) is 1.68. The molecule has 1 aliphatic rings. The summed E-state index contributed by atoms with van der Waals surface area (Å²) in [6.45, 7) is 2.68. The van der Waals surface area contributed by atoms with Crippen LogP contribution in [0.3, 0.4) is 0 Å². The zero-order valence-electron chi connectivity index (χ0n) is 21.9. The molecule has 4 aromatic rings. The zero-order chi connectivity index (χ0) is 26.7. The van der Waals surface area contributed by atoms with Crippen molar-refractivity contribution in [3.05, 3.63) is 132 Å². The fourth-order valence-corrected chi connectivity index (χ4v) is 4.83. The summed E-state index contributed by atoms with van der Waals surface area (Å²) >= 11 is 0. The van der Waals surface area contributed by atoms with Gasteiger partial charge in [0.2, 0.25) is 5.91 Å². The SMILES string of the molecule is O=C(NCc1cccnc1)[C@@H]1C[C@H](NCc2cccc(Oc3ccccc3)c2)CN1C/C=C/c1ccccc1. The maximum Gasteiger partial charge on any atom is 0.237 e. The quantitative estimate of drug-likeness (QED) is 0.277. The molecule has 1 aromatic heterocycles. The van der Waals surface area contributed by atoms with Crippen molar-refractivity contribution in [1.82, 2.24) is 20.5 Å². The lowest BCUT2D eigenvalue weighted by Gasteiger charge is -2.22. The topological polar surface area (TPSA) is 66.5 Å². The van der Waals surface area contributed by atoms with Crippen molar-refractivity contribution in [1.29, 1.82) is 0 Å². The summed E-state index contributed by atoms with van der Waals surface area (Å²) in [4.78, 5) is 19.7. The second-order valence-electron chi connectivity index (χ2n) is 9.74. The van der Waals surface area contributed by atoms with Crippen LogP contribution in [0.4, 0.5) is 0 Å². The number of hydrogen-bond acceptors (Lipinski definition) is 5. The number of aromatic nitrogens is 1. The monoisotopic (exact) mass is 518 g/mol. The Balaban J connectivity index is 1.20. The highest BCUT2D eigenvalue weighted by Gasteiger charge is 2.35. The van der Waals surface area contributed by atoms with Crippen molar-refractivity contribution in [2.45, 2.75) is 31.6 Å². The van der Waals surface area contributed by atoms with Gasteiger partial charge in [-0.3, -0.25) is 14.7 Å². The summed E-state index contributed by atoms with van der Waals surface area (Å²) in [7, 11) is 0. The number of para-hydroxylation sites is 1. The number of nitrogens with one attached hydrogen (secondary N) is 2. The summed E-state index contributed by atoms with van der Waals surface area (Å²) in [6.07, 6.45) is 8.53. The number of benzene rings is 3. The largest absolute Gasteiger partial charge is 0.457 e. The van der Waals surface area contributed by atoms with E-state index in [4.69, 9.17) is 4.74 Å². The predicted molar refractivity (Wildman–Crippen MR) is 155 cm³/mol. The number of nitrogens with zero attached hydrogens (tertiary/aromatic N) is 2. The average molecular weight is 519 g/mol. The lowest BCUT2D eigenvalue weighted by molar-refractivity contribution is -0.125. The third kappa shape index (κ3) is 7.87. The average Bonchev–Trinajstić information content (AvgIpc) is 3.40. The first-order valence-corrected chi connectivity index (χ1v) is 13.4. The first-order chi connectivity index (χ1) is 19.2. The molecule has 3 aromatic carbocycles. The third-order valence-corrected chi connectivity index (χ3v) is 6.82. The number of hydrogen-bond donors (Lipinski definition) is 2. The molecule has 2 atom stereocenters. The number of carbonyl (C=O) groups excluding carboxylic acids is 1. The summed E-state index contributed by atoms with van der Waals surface area (Å²) in [5.41, 5.74) is 3.29. The number of ether oxygens (including phenoxy) is 1. The summed E-state index contributed by atoms with van der Waals surface area (Å²) < 4.78 is 6.00. The van der Waals surface area contributed by atoms with Crippen molar-refractivity contribution >= 4 is 12.0 Å². The zero-order valence-corrected chi connectivity index (χ0v) is 21.9. The van der Waals surface area contributed by atoms with Crippen molar-refractivity contribution < 1.29 is 9.53 Å². The molecule has 0 radical (unpaired) electrons. The normalized spacial score (nSPS) is 17.3. The Hall–Kier alpha value is -4.26. The van der Waals surface area contributed by atoms with Gasteiger partial charge in [0.1, 0.15) is 11.5 Å². The Morgan fingerprint density at radius 3 is 2.46 bits per heavy atom. The van der Waals surface area contributed by atoms with E-state index in [0.717, 1.165) is 41.2 Å². The van der Waals surface area contributed by atoms with Gasteiger partial charge in [-0.15, -0.1) is 0 Å². The van der Waals surface area contributed by atoms with Gasteiger partial charge in [0.05, 0.1) is 6.04 Å². The second-order valence-corrected chi connectivity index (χ2v) is 9.74. The first kappa shape index (κ1) is 26.4. The molecule has 6 heteroatoms. The Bertz CT molecular complexity index is 1350. The van der Waals surface area contributed by atoms with Gasteiger partial charge in [-0.1, -0.05) is 78.9 Å². The number of carbonyl (C=O) groups is 1. The van der Waals surface area contributed by atoms with Gasteiger partial charge in [0.15, 0.2) is 0 Å². The number of pyridine rings is 1. The molecule has 2 heterocycles. The van der Waals surface area contributed by atoms with Gasteiger partial charge in [0, 0.05) is 44.6 Å². The van der Waals surface area contributed by atoms with Crippen LogP contribution in [0.2, 0.25) is 0 Å². The smallest absolute Gasteiger partial charge is 0.237 e. The number of amides is 1. The van der Waals surface area contributed by atoms with E-state index in [-0.39, 0.29) is 18.0 Å². The van der Waals surface area contributed by atoms with E-state index in [1.165, 1.54) is 0 Å². The molecule has 5 rings (SSSR count). The highest BCUT2D eigenvalue weighted by molar-refractivity contribution is 5.82. The van der Waals surface area contributed by atoms with E-state index in [2.05, 4.69) is 56.9 Å². The highest BCUT2D eigenvalue weighted by atomic mass is 16.5. The molecule has 6 nitrogen and oxygen atoms in total. The molecule has 1 amide bonds. The van der Waals surface area contributed by atoms with E-state index in [9.17, 15) is 4.79 Å². The fourth-order valence-electron chi connectivity index (χ4n) is 4.83. The second kappa shape index (κ2) is 13.5. The van der Waals surface area contributed by atoms with Crippen LogP contribution in [0.25, 0.3) is 6.08 Å². The molecule has 0 aliphatic carbocycles. The maximum atomic E-state index is 13.3. The van der Waals surface area contributed by atoms with Crippen LogP contribution in [0.5, 0.6) is 11.5 Å². The van der Waals surface area contributed by atoms with Gasteiger partial charge in [-0.05, 0) is 53.4 Å². The molecule has 0 spiro atoms. The van der Waals surface area contributed by atoms with Crippen molar-refractivity contribution in [2.24, 2.45) is 0 Å². The Morgan fingerprint density at radius 2 is 1.67 bits per heavy atom. The van der Waals surface area contributed by atoms with Gasteiger partial charge < -0.3 is 15.4 Å². The van der Waals surface area contributed by atoms with E-state index < -0.39 is 0 Å². The van der Waals surface area contributed by atoms with Gasteiger partial charge in [-0.25, -0.2) is 0 Å². The molecule has 1 fully saturated rings. The molecule has 0 bridgehead atoms. The molecule has 39 heavy (non-hydrogen) atoms. The Kier molecular flexibility index (Phi) is 9.13. The van der Waals surface area contributed by atoms with Gasteiger partial charge in [-0.2, -0.15) is 0 Å². The van der Waals surface area contributed by atoms with Gasteiger partial charge in [0.25, 0.3) is 0 Å². The third-order valence-electron chi connectivity index (χ3n) is 6.82. The lowest BCUT2D eigenvalue weighted by Crippen LogP contribution is -2.43. The Labute approximate surface area is 230 Å². The summed E-state index contributed by atoms with van der Waals surface area (Å²) in [5, 5.41) is 6.79. The Morgan fingerprint density at radius 1 is 0.897 bits per heavy atom. The van der Waals surface area contributed by atoms with Crippen LogP contribution in [0.1, 0.15) is 23.1 Å². The van der Waals surface area contributed by atoms with Gasteiger partial charge >= 0.3 is 0 Å². The van der Waals surface area contributed by atoms with Crippen LogP contribution in [0, 0.1) is 0 Å². The highest BCUT2D eigenvalue weighted by Crippen LogP contribution is 2.23. The van der Waals surface area contributed by atoms with Crippen molar-refractivity contribution in [3.8, 4) is 11.5 Å². The van der Waals surface area contributed by atoms with Crippen LogP contribution in [0.15, 0.2) is 116 Å². The molecular formula is C33H34N4O2. The predicted octanol–water partition coefficient (Wildman–Crippen LogP) is 5.44. The van der Waals surface area contributed by atoms with Crippen LogP contribution in [-0.4, -0.2) is 41.0 Å². The van der Waals surface area contributed by atoms with Crippen molar-refractivity contribution in [2.75, 3.05) is 13.1 Å². The van der Waals surface area contributed by atoms with E-state index >= 15 is 0 Å². The standard InChI is InChI=1S/C33H34N4O2/c38-33(36-24-28-13-8-18-34-22-28)32-21-29(25-37(32)19-9-14-26-10-3-1-4-11-26)35-23-27-12-7-17-31(20-27)39-30-15-5-2-6-16-30/h1-18,20,22,29,32,35H,19,21,23-25H2,(H,36,38)/b14-9+/t29-,32-/m0/s1. The van der Waals surface area contributed by atoms with Crippen LogP contribution >= 0.6 is 0 Å². The molecule has 0 unspecified atom stereocenters. The van der Waals surface area contributed by atoms with E-state index in [1.807, 2.05) is 72.8 Å². The van der Waals surface area contributed by atoms with Crippen molar-refractivity contribution in [3.63, 3.8) is 0 Å². The fraction of sp³-hybridized carbons (Fsp3) is 0.212. The molecular weight excluding hydrogens is 484 g/mol. The maximum absolute atomic E-state index is 13.3. The molecule has 1 saturated heterocycles. The number of rotatable bonds is 11. The van der Waals surface area contributed by atoms with Crippen LogP contribution < -0.4 is 15.4 Å². The minimum absolute atomic E-state index is 0.0505. The first-order valence-electron chi connectivity index (χ1n) is 13.4. The summed E-state index contributed by atoms with van der Waals surface area (Å²) in [6, 6.07) is 32.0. The minimum atomic E-state index is -0.202. The molecule has 1 aliphatic heterocycles. The molecule has 198 valence electrons. The van der Waals surface area contributed by atoms with E-state index in [1.54, 1.807) is 12.4 Å². The lowest BCUT2D eigenvalue weighted by atomic mass is 10.1. The number of likely N-dealkylation sites (tertiary alicyclic amines) is 1.